The van der Waals surface area contributed by atoms with E-state index in [2.05, 4.69) is 20.8 Å². The first-order chi connectivity index (χ1) is 22.0. The third kappa shape index (κ3) is 8.60. The Kier molecular flexibility index (Phi) is 12.3. The van der Waals surface area contributed by atoms with Gasteiger partial charge in [0, 0.05) is 25.2 Å². The van der Waals surface area contributed by atoms with E-state index in [0.29, 0.717) is 30.1 Å². The van der Waals surface area contributed by atoms with Gasteiger partial charge in [-0.05, 0) is 111 Å². The van der Waals surface area contributed by atoms with Crippen molar-refractivity contribution in [2.75, 3.05) is 19.1 Å². The summed E-state index contributed by atoms with van der Waals surface area (Å²) in [7, 11) is -4.05. The van der Waals surface area contributed by atoms with E-state index >= 15 is 0 Å². The third-order valence-electron chi connectivity index (χ3n) is 13.0. The molecule has 4 saturated carbocycles. The fraction of sp³-hybridized carbons (Fsp3) is 0.882. The molecule has 0 spiro atoms. The second-order valence-corrected chi connectivity index (χ2v) is 18.0. The summed E-state index contributed by atoms with van der Waals surface area (Å²) in [5.41, 5.74) is -0.0455. The number of carbonyl (C=O) groups is 4. The van der Waals surface area contributed by atoms with Gasteiger partial charge in [-0.15, -0.1) is 0 Å². The van der Waals surface area contributed by atoms with Crippen LogP contribution < -0.4 is 0 Å². The summed E-state index contributed by atoms with van der Waals surface area (Å²) < 4.78 is 22.4. The van der Waals surface area contributed by atoms with Crippen molar-refractivity contribution < 1.29 is 58.5 Å². The predicted octanol–water partition coefficient (Wildman–Crippen LogP) is 4.66. The molecule has 4 aliphatic rings. The highest BCUT2D eigenvalue weighted by atomic mass is 31.2. The molecule has 0 saturated heterocycles. The van der Waals surface area contributed by atoms with Crippen LogP contribution in [0.5, 0.6) is 0 Å². The Morgan fingerprint density at radius 1 is 0.872 bits per heavy atom. The summed E-state index contributed by atoms with van der Waals surface area (Å²) in [6, 6.07) is 0. The number of hydrogen-bond donors (Lipinski definition) is 5. The normalized spacial score (nSPS) is 37.3. The monoisotopic (exact) mass is 686 g/mol. The minimum atomic E-state index is -4.05. The van der Waals surface area contributed by atoms with Gasteiger partial charge in [0.15, 0.2) is 0 Å². The number of hydrogen-bond acceptors (Lipinski definition) is 9. The zero-order valence-corrected chi connectivity index (χ0v) is 28.9. The second-order valence-electron chi connectivity index (χ2n) is 15.5. The Morgan fingerprint density at radius 3 is 2.21 bits per heavy atom. The molecule has 0 heterocycles. The summed E-state index contributed by atoms with van der Waals surface area (Å²) in [5.74, 6) is -2.87. The summed E-state index contributed by atoms with van der Waals surface area (Å²) in [5, 5.41) is 40.0. The number of rotatable bonds is 15. The number of aliphatic hydroxyl groups is 2. The molecule has 0 bridgehead atoms. The first-order valence-electron chi connectivity index (χ1n) is 17.4. The van der Waals surface area contributed by atoms with Crippen molar-refractivity contribution in [3.05, 3.63) is 0 Å². The SMILES string of the molecule is C[C@H](CCC(=O)OCOC(=O)CCP(=O)(O)CC(CCC(=O)O)C(=O)O)C1CCC2C3CC[C@@H]4C[C@H](O)CC[C@]4(C)C3C[C@H](O)[C@@]21C. The minimum Gasteiger partial charge on any atom is -0.481 e. The molecule has 47 heavy (non-hydrogen) atoms. The van der Waals surface area contributed by atoms with Crippen molar-refractivity contribution in [1.29, 1.82) is 0 Å². The average Bonchev–Trinajstić information content (AvgIpc) is 3.36. The number of carboxylic acid groups (broad SMARTS) is 2. The molecule has 0 radical (unpaired) electrons. The Morgan fingerprint density at radius 2 is 1.55 bits per heavy atom. The molecule has 4 fully saturated rings. The third-order valence-corrected chi connectivity index (χ3v) is 14.9. The Labute approximate surface area is 277 Å². The number of esters is 2. The number of aliphatic hydroxyl groups excluding tert-OH is 2. The summed E-state index contributed by atoms with van der Waals surface area (Å²) >= 11 is 0. The molecule has 6 unspecified atom stereocenters. The van der Waals surface area contributed by atoms with Gasteiger partial charge >= 0.3 is 23.9 Å². The fourth-order valence-corrected chi connectivity index (χ4v) is 12.0. The molecule has 268 valence electrons. The van der Waals surface area contributed by atoms with Gasteiger partial charge in [0.2, 0.25) is 14.2 Å². The van der Waals surface area contributed by atoms with Crippen molar-refractivity contribution in [3.63, 3.8) is 0 Å². The molecule has 5 N–H and O–H groups in total. The van der Waals surface area contributed by atoms with Gasteiger partial charge in [-0.2, -0.15) is 0 Å². The molecule has 4 aliphatic carbocycles. The van der Waals surface area contributed by atoms with Crippen LogP contribution in [0.2, 0.25) is 0 Å². The van der Waals surface area contributed by atoms with Crippen LogP contribution in [0.3, 0.4) is 0 Å². The highest BCUT2D eigenvalue weighted by Gasteiger charge is 2.63. The molecule has 12 nitrogen and oxygen atoms in total. The molecule has 0 aromatic rings. The largest absolute Gasteiger partial charge is 0.481 e. The zero-order valence-electron chi connectivity index (χ0n) is 28.1. The van der Waals surface area contributed by atoms with Gasteiger partial charge in [-0.3, -0.25) is 23.7 Å². The molecule has 0 aliphatic heterocycles. The lowest BCUT2D eigenvalue weighted by Crippen LogP contribution is -2.58. The van der Waals surface area contributed by atoms with Gasteiger partial charge in [-0.25, -0.2) is 0 Å². The van der Waals surface area contributed by atoms with Gasteiger partial charge in [0.25, 0.3) is 0 Å². The summed E-state index contributed by atoms with van der Waals surface area (Å²) in [6.07, 6.45) is 5.59. The summed E-state index contributed by atoms with van der Waals surface area (Å²) in [6.45, 7) is 6.16. The van der Waals surface area contributed by atoms with Crippen molar-refractivity contribution >= 4 is 31.2 Å². The van der Waals surface area contributed by atoms with Crippen LogP contribution in [0.4, 0.5) is 0 Å². The minimum absolute atomic E-state index is 0.124. The quantitative estimate of drug-likeness (QED) is 0.0906. The van der Waals surface area contributed by atoms with Crippen molar-refractivity contribution in [1.82, 2.24) is 0 Å². The van der Waals surface area contributed by atoms with Crippen LogP contribution in [0.15, 0.2) is 0 Å². The van der Waals surface area contributed by atoms with Crippen molar-refractivity contribution in [2.24, 2.45) is 52.3 Å². The number of aliphatic carboxylic acids is 2. The maximum Gasteiger partial charge on any atom is 0.309 e. The Hall–Kier alpha value is -2.01. The lowest BCUT2D eigenvalue weighted by molar-refractivity contribution is -0.175. The van der Waals surface area contributed by atoms with E-state index in [1.165, 1.54) is 0 Å². The second kappa shape index (κ2) is 15.3. The molecule has 0 amide bonds. The van der Waals surface area contributed by atoms with E-state index in [0.717, 1.165) is 51.4 Å². The molecule has 4 rings (SSSR count). The number of carbonyl (C=O) groups excluding carboxylic acids is 2. The highest BCUT2D eigenvalue weighted by Crippen LogP contribution is 2.68. The predicted molar refractivity (Wildman–Crippen MR) is 170 cm³/mol. The molecule has 12 atom stereocenters. The molecular formula is C34H55O12P. The highest BCUT2D eigenvalue weighted by molar-refractivity contribution is 7.58. The van der Waals surface area contributed by atoms with E-state index in [-0.39, 0.29) is 41.6 Å². The topological polar surface area (TPSA) is 205 Å². The standard InChI is InChI=1S/C34H55O12P/c1-20(4-11-30(39)45-19-46-31(40)13-15-47(43,44)18-21(32(41)42)5-10-29(37)38)25-8-9-26-24-7-6-22-16-23(35)12-14-33(22,2)27(24)17-28(36)34(25,26)3/h20-28,35-36H,4-19H2,1-3H3,(H,37,38)(H,41,42)(H,43,44)/t20-,21?,22-,23-,24?,25?,26?,27?,28+,33+,34-/m1/s1. The molecular weight excluding hydrogens is 631 g/mol. The number of ether oxygens (including phenoxy) is 2. The van der Waals surface area contributed by atoms with E-state index in [9.17, 15) is 44.0 Å². The smallest absolute Gasteiger partial charge is 0.309 e. The van der Waals surface area contributed by atoms with Crippen LogP contribution in [0.25, 0.3) is 0 Å². The Balaban J connectivity index is 1.20. The Bertz CT molecular complexity index is 1210. The van der Waals surface area contributed by atoms with Crippen LogP contribution in [-0.4, -0.2) is 80.5 Å². The number of carboxylic acids is 2. The molecule has 13 heteroatoms. The lowest BCUT2D eigenvalue weighted by Gasteiger charge is -2.62. The van der Waals surface area contributed by atoms with Crippen LogP contribution in [0.1, 0.15) is 104 Å². The molecule has 0 aromatic heterocycles. The van der Waals surface area contributed by atoms with Crippen LogP contribution in [0, 0.1) is 52.3 Å². The lowest BCUT2D eigenvalue weighted by atomic mass is 9.43. The maximum absolute atomic E-state index is 12.5. The fourth-order valence-electron chi connectivity index (χ4n) is 10.3. The van der Waals surface area contributed by atoms with E-state index in [4.69, 9.17) is 14.6 Å². The first-order valence-corrected chi connectivity index (χ1v) is 19.4. The number of fused-ring (bicyclic) bond motifs is 5. The van der Waals surface area contributed by atoms with Gasteiger partial charge in [0.05, 0.1) is 24.5 Å². The zero-order chi connectivity index (χ0) is 34.7. The van der Waals surface area contributed by atoms with Crippen molar-refractivity contribution in [3.8, 4) is 0 Å². The van der Waals surface area contributed by atoms with Crippen LogP contribution >= 0.6 is 7.37 Å². The van der Waals surface area contributed by atoms with E-state index < -0.39 is 75.2 Å². The van der Waals surface area contributed by atoms with E-state index in [1.807, 2.05) is 0 Å². The van der Waals surface area contributed by atoms with Crippen LogP contribution in [-0.2, 0) is 33.2 Å². The van der Waals surface area contributed by atoms with Gasteiger partial charge in [-0.1, -0.05) is 20.8 Å². The maximum atomic E-state index is 12.5. The average molecular weight is 687 g/mol. The van der Waals surface area contributed by atoms with E-state index in [1.54, 1.807) is 0 Å². The summed E-state index contributed by atoms with van der Waals surface area (Å²) in [4.78, 5) is 56.8. The van der Waals surface area contributed by atoms with Crippen molar-refractivity contribution in [2.45, 2.75) is 116 Å². The first kappa shape index (κ1) is 37.8. The van der Waals surface area contributed by atoms with Gasteiger partial charge in [0.1, 0.15) is 0 Å². The molecule has 0 aromatic carbocycles. The van der Waals surface area contributed by atoms with Gasteiger partial charge < -0.3 is 34.8 Å².